The summed E-state index contributed by atoms with van der Waals surface area (Å²) >= 11 is 0. The third kappa shape index (κ3) is 5.28. The molecule has 1 heterocycles. The molecule has 0 aliphatic carbocycles. The zero-order valence-corrected chi connectivity index (χ0v) is 10.9. The summed E-state index contributed by atoms with van der Waals surface area (Å²) in [7, 11) is 2.21. The summed E-state index contributed by atoms with van der Waals surface area (Å²) < 4.78 is 0. The number of aliphatic hydroxyl groups excluding tert-OH is 1. The predicted octanol–water partition coefficient (Wildman–Crippen LogP) is 1.47. The van der Waals surface area contributed by atoms with Crippen molar-refractivity contribution in [2.75, 3.05) is 33.3 Å². The molecule has 16 heavy (non-hydrogen) atoms. The summed E-state index contributed by atoms with van der Waals surface area (Å²) in [6.07, 6.45) is 5.91. The number of rotatable bonds is 7. The van der Waals surface area contributed by atoms with Crippen molar-refractivity contribution in [1.82, 2.24) is 10.2 Å². The smallest absolute Gasteiger partial charge is 0.0431 e. The lowest BCUT2D eigenvalue weighted by Gasteiger charge is -2.35. The van der Waals surface area contributed by atoms with Crippen LogP contribution in [-0.4, -0.2) is 49.3 Å². The first kappa shape index (κ1) is 13.9. The van der Waals surface area contributed by atoms with Crippen LogP contribution in [0, 0.1) is 5.92 Å². The van der Waals surface area contributed by atoms with Crippen molar-refractivity contribution < 1.29 is 5.11 Å². The van der Waals surface area contributed by atoms with Crippen molar-refractivity contribution >= 4 is 0 Å². The summed E-state index contributed by atoms with van der Waals surface area (Å²) in [5, 5.41) is 12.3. The molecule has 1 rings (SSSR count). The fourth-order valence-corrected chi connectivity index (χ4v) is 2.54. The minimum Gasteiger partial charge on any atom is -0.396 e. The third-order valence-corrected chi connectivity index (χ3v) is 3.60. The second-order valence-electron chi connectivity index (χ2n) is 5.23. The van der Waals surface area contributed by atoms with Gasteiger partial charge < -0.3 is 15.3 Å². The number of hydrogen-bond acceptors (Lipinski definition) is 3. The van der Waals surface area contributed by atoms with Gasteiger partial charge in [0.1, 0.15) is 0 Å². The summed E-state index contributed by atoms with van der Waals surface area (Å²) in [6.45, 7) is 6.29. The first-order chi connectivity index (χ1) is 7.74. The molecule has 1 aliphatic rings. The normalized spacial score (nSPS) is 27.2. The highest BCUT2D eigenvalue weighted by Gasteiger charge is 2.22. The van der Waals surface area contributed by atoms with Gasteiger partial charge in [0.25, 0.3) is 0 Å². The Hall–Kier alpha value is -0.120. The average Bonchev–Trinajstić information content (AvgIpc) is 2.26. The molecule has 0 radical (unpaired) electrons. The molecule has 0 spiro atoms. The van der Waals surface area contributed by atoms with Gasteiger partial charge >= 0.3 is 0 Å². The van der Waals surface area contributed by atoms with Crippen LogP contribution in [0.1, 0.15) is 39.0 Å². The van der Waals surface area contributed by atoms with Crippen molar-refractivity contribution in [1.29, 1.82) is 0 Å². The average molecular weight is 228 g/mol. The molecule has 0 saturated carbocycles. The van der Waals surface area contributed by atoms with Crippen molar-refractivity contribution in [3.05, 3.63) is 0 Å². The fraction of sp³-hybridized carbons (Fsp3) is 1.00. The van der Waals surface area contributed by atoms with Crippen molar-refractivity contribution in [3.63, 3.8) is 0 Å². The highest BCUT2D eigenvalue weighted by Crippen LogP contribution is 2.15. The van der Waals surface area contributed by atoms with E-state index in [4.69, 9.17) is 5.11 Å². The molecular formula is C13H28N2O. The van der Waals surface area contributed by atoms with E-state index in [2.05, 4.69) is 24.2 Å². The minimum atomic E-state index is 0.347. The van der Waals surface area contributed by atoms with Crippen LogP contribution in [0.2, 0.25) is 0 Å². The lowest BCUT2D eigenvalue weighted by Crippen LogP contribution is -2.47. The van der Waals surface area contributed by atoms with Crippen LogP contribution < -0.4 is 5.32 Å². The first-order valence-corrected chi connectivity index (χ1v) is 6.77. The van der Waals surface area contributed by atoms with Crippen LogP contribution in [0.3, 0.4) is 0 Å². The highest BCUT2D eigenvalue weighted by molar-refractivity contribution is 4.81. The topological polar surface area (TPSA) is 35.5 Å². The summed E-state index contributed by atoms with van der Waals surface area (Å²) in [4.78, 5) is 2.42. The zero-order chi connectivity index (χ0) is 11.8. The van der Waals surface area contributed by atoms with E-state index < -0.39 is 0 Å². The molecule has 1 aliphatic heterocycles. The van der Waals surface area contributed by atoms with Gasteiger partial charge in [-0.2, -0.15) is 0 Å². The Morgan fingerprint density at radius 2 is 2.00 bits per heavy atom. The SMILES string of the molecule is CC1CN(C)CCC1NCCCCCCO. The summed E-state index contributed by atoms with van der Waals surface area (Å²) in [6, 6.07) is 0.717. The molecule has 2 unspecified atom stereocenters. The van der Waals surface area contributed by atoms with E-state index >= 15 is 0 Å². The highest BCUT2D eigenvalue weighted by atomic mass is 16.2. The molecule has 0 aromatic heterocycles. The van der Waals surface area contributed by atoms with Gasteiger partial charge in [-0.3, -0.25) is 0 Å². The van der Waals surface area contributed by atoms with Crippen LogP contribution in [0.15, 0.2) is 0 Å². The lowest BCUT2D eigenvalue weighted by atomic mass is 9.94. The molecule has 0 aromatic rings. The molecule has 2 atom stereocenters. The molecule has 1 fully saturated rings. The molecular weight excluding hydrogens is 200 g/mol. The lowest BCUT2D eigenvalue weighted by molar-refractivity contribution is 0.175. The maximum Gasteiger partial charge on any atom is 0.0431 e. The van der Waals surface area contributed by atoms with Gasteiger partial charge in [-0.1, -0.05) is 19.8 Å². The number of nitrogens with zero attached hydrogens (tertiary/aromatic N) is 1. The molecule has 3 heteroatoms. The minimum absolute atomic E-state index is 0.347. The maximum atomic E-state index is 8.67. The second kappa shape index (κ2) is 8.04. The molecule has 0 aromatic carbocycles. The Morgan fingerprint density at radius 1 is 1.25 bits per heavy atom. The monoisotopic (exact) mass is 228 g/mol. The molecule has 2 N–H and O–H groups in total. The standard InChI is InChI=1S/C13H28N2O/c1-12-11-15(2)9-7-13(12)14-8-5-3-4-6-10-16/h12-14,16H,3-11H2,1-2H3. The molecule has 0 bridgehead atoms. The van der Waals surface area contributed by atoms with Crippen molar-refractivity contribution in [3.8, 4) is 0 Å². The maximum absolute atomic E-state index is 8.67. The Morgan fingerprint density at radius 3 is 2.69 bits per heavy atom. The number of hydrogen-bond donors (Lipinski definition) is 2. The van der Waals surface area contributed by atoms with Gasteiger partial charge in [-0.15, -0.1) is 0 Å². The van der Waals surface area contributed by atoms with Crippen LogP contribution in [0.5, 0.6) is 0 Å². The van der Waals surface area contributed by atoms with Gasteiger partial charge in [0.05, 0.1) is 0 Å². The fourth-order valence-electron chi connectivity index (χ4n) is 2.54. The van der Waals surface area contributed by atoms with E-state index in [1.165, 1.54) is 38.8 Å². The number of aliphatic hydroxyl groups is 1. The van der Waals surface area contributed by atoms with Gasteiger partial charge in [0, 0.05) is 19.2 Å². The molecule has 3 nitrogen and oxygen atoms in total. The number of nitrogens with one attached hydrogen (secondary N) is 1. The molecule has 0 amide bonds. The van der Waals surface area contributed by atoms with Crippen LogP contribution in [-0.2, 0) is 0 Å². The Balaban J connectivity index is 2.00. The van der Waals surface area contributed by atoms with E-state index in [0.717, 1.165) is 18.9 Å². The van der Waals surface area contributed by atoms with Crippen molar-refractivity contribution in [2.24, 2.45) is 5.92 Å². The Labute approximate surface area is 100 Å². The van der Waals surface area contributed by atoms with Crippen LogP contribution >= 0.6 is 0 Å². The Kier molecular flexibility index (Phi) is 7.01. The van der Waals surface area contributed by atoms with E-state index in [1.54, 1.807) is 0 Å². The van der Waals surface area contributed by atoms with Crippen LogP contribution in [0.25, 0.3) is 0 Å². The molecule has 96 valence electrons. The van der Waals surface area contributed by atoms with Crippen LogP contribution in [0.4, 0.5) is 0 Å². The number of unbranched alkanes of at least 4 members (excludes halogenated alkanes) is 3. The van der Waals surface area contributed by atoms with Gasteiger partial charge in [-0.05, 0) is 45.3 Å². The third-order valence-electron chi connectivity index (χ3n) is 3.60. The zero-order valence-electron chi connectivity index (χ0n) is 10.9. The number of likely N-dealkylation sites (tertiary alicyclic amines) is 1. The summed E-state index contributed by atoms with van der Waals surface area (Å²) in [5.74, 6) is 0.774. The van der Waals surface area contributed by atoms with Crippen molar-refractivity contribution in [2.45, 2.75) is 45.1 Å². The van der Waals surface area contributed by atoms with E-state index in [-0.39, 0.29) is 0 Å². The Bertz CT molecular complexity index is 175. The largest absolute Gasteiger partial charge is 0.396 e. The second-order valence-corrected chi connectivity index (χ2v) is 5.23. The first-order valence-electron chi connectivity index (χ1n) is 6.77. The van der Waals surface area contributed by atoms with E-state index in [0.29, 0.717) is 12.6 Å². The van der Waals surface area contributed by atoms with Gasteiger partial charge in [-0.25, -0.2) is 0 Å². The van der Waals surface area contributed by atoms with E-state index in [9.17, 15) is 0 Å². The van der Waals surface area contributed by atoms with Gasteiger partial charge in [0.15, 0.2) is 0 Å². The van der Waals surface area contributed by atoms with E-state index in [1.807, 2.05) is 0 Å². The quantitative estimate of drug-likeness (QED) is 0.648. The predicted molar refractivity (Wildman–Crippen MR) is 68.6 cm³/mol. The number of piperidine rings is 1. The summed E-state index contributed by atoms with van der Waals surface area (Å²) in [5.41, 5.74) is 0. The molecule has 1 saturated heterocycles. The van der Waals surface area contributed by atoms with Gasteiger partial charge in [0.2, 0.25) is 0 Å².